The SMILES string of the molecule is COc1ccc(C(Br)c2c(F)cc(Br)cc2F)c(Cl)c1. The molecule has 0 aliphatic heterocycles. The molecular weight excluding hydrogens is 417 g/mol. The maximum Gasteiger partial charge on any atom is 0.131 e. The predicted octanol–water partition coefficient (Wildman–Crippen LogP) is 5.87. The Balaban J connectivity index is 2.49. The van der Waals surface area contributed by atoms with Gasteiger partial charge in [-0.3, -0.25) is 0 Å². The molecule has 0 saturated heterocycles. The van der Waals surface area contributed by atoms with E-state index in [1.807, 2.05) is 0 Å². The Hall–Kier alpha value is -0.650. The summed E-state index contributed by atoms with van der Waals surface area (Å²) < 4.78 is 33.3. The second-order valence-corrected chi connectivity index (χ2v) is 6.27. The third kappa shape index (κ3) is 3.15. The number of methoxy groups -OCH3 is 1. The number of hydrogen-bond acceptors (Lipinski definition) is 1. The highest BCUT2D eigenvalue weighted by molar-refractivity contribution is 9.10. The van der Waals surface area contributed by atoms with E-state index in [9.17, 15) is 8.78 Å². The van der Waals surface area contributed by atoms with Crippen LogP contribution in [-0.2, 0) is 0 Å². The molecule has 106 valence electrons. The molecule has 1 atom stereocenters. The summed E-state index contributed by atoms with van der Waals surface area (Å²) in [6.07, 6.45) is 0. The van der Waals surface area contributed by atoms with Crippen LogP contribution in [0.4, 0.5) is 8.78 Å². The van der Waals surface area contributed by atoms with Gasteiger partial charge in [0.25, 0.3) is 0 Å². The van der Waals surface area contributed by atoms with Crippen molar-refractivity contribution in [2.75, 3.05) is 7.11 Å². The second kappa shape index (κ2) is 6.41. The molecule has 6 heteroatoms. The average molecular weight is 426 g/mol. The maximum atomic E-state index is 14.0. The van der Waals surface area contributed by atoms with Crippen molar-refractivity contribution in [2.24, 2.45) is 0 Å². The molecule has 2 rings (SSSR count). The lowest BCUT2D eigenvalue weighted by Crippen LogP contribution is -2.02. The molecule has 0 fully saturated rings. The molecule has 2 aromatic carbocycles. The van der Waals surface area contributed by atoms with Crippen LogP contribution in [0.5, 0.6) is 5.75 Å². The molecule has 2 aromatic rings. The molecule has 0 N–H and O–H groups in total. The average Bonchev–Trinajstić information content (AvgIpc) is 2.37. The number of hydrogen-bond donors (Lipinski definition) is 0. The van der Waals surface area contributed by atoms with Crippen molar-refractivity contribution in [2.45, 2.75) is 4.83 Å². The van der Waals surface area contributed by atoms with E-state index >= 15 is 0 Å². The smallest absolute Gasteiger partial charge is 0.131 e. The van der Waals surface area contributed by atoms with E-state index in [4.69, 9.17) is 16.3 Å². The summed E-state index contributed by atoms with van der Waals surface area (Å²) in [6, 6.07) is 7.37. The highest BCUT2D eigenvalue weighted by atomic mass is 79.9. The summed E-state index contributed by atoms with van der Waals surface area (Å²) in [5.41, 5.74) is 0.479. The van der Waals surface area contributed by atoms with Crippen LogP contribution in [0.1, 0.15) is 16.0 Å². The molecule has 0 spiro atoms. The fourth-order valence-corrected chi connectivity index (χ4v) is 3.44. The lowest BCUT2D eigenvalue weighted by atomic mass is 10.0. The monoisotopic (exact) mass is 424 g/mol. The first-order chi connectivity index (χ1) is 9.43. The van der Waals surface area contributed by atoms with Crippen LogP contribution in [0, 0.1) is 11.6 Å². The highest BCUT2D eigenvalue weighted by Crippen LogP contribution is 2.39. The van der Waals surface area contributed by atoms with E-state index in [2.05, 4.69) is 31.9 Å². The summed E-state index contributed by atoms with van der Waals surface area (Å²) in [6.45, 7) is 0. The molecule has 1 nitrogen and oxygen atoms in total. The Bertz CT molecular complexity index is 626. The zero-order valence-electron chi connectivity index (χ0n) is 10.3. The van der Waals surface area contributed by atoms with Crippen molar-refractivity contribution in [1.82, 2.24) is 0 Å². The third-order valence-corrected chi connectivity index (χ3v) is 4.51. The minimum atomic E-state index is -0.686. The van der Waals surface area contributed by atoms with Crippen LogP contribution >= 0.6 is 43.5 Å². The predicted molar refractivity (Wildman–Crippen MR) is 82.8 cm³/mol. The molecule has 0 aliphatic rings. The molecule has 0 radical (unpaired) electrons. The maximum absolute atomic E-state index is 14.0. The summed E-state index contributed by atoms with van der Waals surface area (Å²) in [5.74, 6) is -0.716. The topological polar surface area (TPSA) is 9.23 Å². The van der Waals surface area contributed by atoms with Gasteiger partial charge in [-0.25, -0.2) is 8.78 Å². The molecule has 0 heterocycles. The first-order valence-corrected chi connectivity index (χ1v) is 7.64. The first-order valence-electron chi connectivity index (χ1n) is 5.56. The second-order valence-electron chi connectivity index (χ2n) is 4.03. The molecular formula is C14H9Br2ClF2O. The van der Waals surface area contributed by atoms with Crippen LogP contribution in [0.3, 0.4) is 0 Å². The van der Waals surface area contributed by atoms with Gasteiger partial charge in [0.15, 0.2) is 0 Å². The van der Waals surface area contributed by atoms with Gasteiger partial charge in [0.1, 0.15) is 17.4 Å². The number of alkyl halides is 1. The summed E-state index contributed by atoms with van der Waals surface area (Å²) in [4.78, 5) is -0.686. The molecule has 0 saturated carbocycles. The van der Waals surface area contributed by atoms with Gasteiger partial charge in [-0.05, 0) is 29.8 Å². The molecule has 0 aromatic heterocycles. The van der Waals surface area contributed by atoms with Crippen molar-refractivity contribution in [3.63, 3.8) is 0 Å². The zero-order valence-corrected chi connectivity index (χ0v) is 14.2. The minimum Gasteiger partial charge on any atom is -0.497 e. The van der Waals surface area contributed by atoms with Gasteiger partial charge in [0.05, 0.1) is 11.9 Å². The molecule has 20 heavy (non-hydrogen) atoms. The minimum absolute atomic E-state index is 0.0831. The number of rotatable bonds is 3. The quantitative estimate of drug-likeness (QED) is 0.558. The normalized spacial score (nSPS) is 12.3. The van der Waals surface area contributed by atoms with Gasteiger partial charge in [-0.15, -0.1) is 0 Å². The van der Waals surface area contributed by atoms with E-state index in [1.165, 1.54) is 19.2 Å². The van der Waals surface area contributed by atoms with E-state index in [-0.39, 0.29) is 5.56 Å². The van der Waals surface area contributed by atoms with Crippen LogP contribution in [0.15, 0.2) is 34.8 Å². The number of ether oxygens (including phenoxy) is 1. The number of halogens is 5. The first kappa shape index (κ1) is 15.7. The Kier molecular flexibility index (Phi) is 5.04. The van der Waals surface area contributed by atoms with Gasteiger partial charge >= 0.3 is 0 Å². The van der Waals surface area contributed by atoms with Gasteiger partial charge < -0.3 is 4.74 Å². The van der Waals surface area contributed by atoms with Gasteiger partial charge in [-0.1, -0.05) is 49.5 Å². The summed E-state index contributed by atoms with van der Waals surface area (Å²) in [7, 11) is 1.52. The summed E-state index contributed by atoms with van der Waals surface area (Å²) >= 11 is 12.5. The van der Waals surface area contributed by atoms with Crippen LogP contribution in [0.25, 0.3) is 0 Å². The fourth-order valence-electron chi connectivity index (χ4n) is 1.79. The standard InChI is InChI=1S/C14H9Br2ClF2O/c1-20-8-2-3-9(10(17)6-8)14(16)13-11(18)4-7(15)5-12(13)19/h2-6,14H,1H3. The van der Waals surface area contributed by atoms with Crippen molar-refractivity contribution in [1.29, 1.82) is 0 Å². The van der Waals surface area contributed by atoms with Crippen molar-refractivity contribution in [3.8, 4) is 5.75 Å². The summed E-state index contributed by atoms with van der Waals surface area (Å²) in [5, 5.41) is 0.368. The van der Waals surface area contributed by atoms with Crippen LogP contribution < -0.4 is 4.74 Å². The van der Waals surface area contributed by atoms with Crippen molar-refractivity contribution in [3.05, 3.63) is 62.6 Å². The van der Waals surface area contributed by atoms with Crippen LogP contribution in [-0.4, -0.2) is 7.11 Å². The van der Waals surface area contributed by atoms with Gasteiger partial charge in [-0.2, -0.15) is 0 Å². The van der Waals surface area contributed by atoms with Crippen molar-refractivity contribution >= 4 is 43.5 Å². The van der Waals surface area contributed by atoms with E-state index in [0.717, 1.165) is 0 Å². The Labute approximate surface area is 137 Å². The van der Waals surface area contributed by atoms with Gasteiger partial charge in [0.2, 0.25) is 0 Å². The van der Waals surface area contributed by atoms with E-state index in [0.29, 0.717) is 20.8 Å². The molecule has 1 unspecified atom stereocenters. The number of benzene rings is 2. The fraction of sp³-hybridized carbons (Fsp3) is 0.143. The Morgan fingerprint density at radius 3 is 2.25 bits per heavy atom. The molecule has 0 amide bonds. The Morgan fingerprint density at radius 1 is 1.15 bits per heavy atom. The Morgan fingerprint density at radius 2 is 1.75 bits per heavy atom. The highest BCUT2D eigenvalue weighted by Gasteiger charge is 2.22. The third-order valence-electron chi connectivity index (χ3n) is 2.78. The van der Waals surface area contributed by atoms with Crippen molar-refractivity contribution < 1.29 is 13.5 Å². The van der Waals surface area contributed by atoms with Gasteiger partial charge in [0, 0.05) is 15.1 Å². The van der Waals surface area contributed by atoms with Crippen LogP contribution in [0.2, 0.25) is 5.02 Å². The zero-order chi connectivity index (χ0) is 14.9. The van der Waals surface area contributed by atoms with E-state index < -0.39 is 16.5 Å². The lowest BCUT2D eigenvalue weighted by molar-refractivity contribution is 0.414. The largest absolute Gasteiger partial charge is 0.497 e. The van der Waals surface area contributed by atoms with E-state index in [1.54, 1.807) is 18.2 Å². The molecule has 0 aliphatic carbocycles. The molecule has 0 bridgehead atoms. The lowest BCUT2D eigenvalue weighted by Gasteiger charge is -2.15.